The lowest BCUT2D eigenvalue weighted by molar-refractivity contribution is 0.233. The zero-order valence-electron chi connectivity index (χ0n) is 9.60. The minimum atomic E-state index is -0.0816. The molecule has 1 amide bonds. The summed E-state index contributed by atoms with van der Waals surface area (Å²) in [5.41, 5.74) is 4.98. The van der Waals surface area contributed by atoms with E-state index in [0.717, 1.165) is 0 Å². The molecule has 0 aromatic heterocycles. The lowest BCUT2D eigenvalue weighted by Gasteiger charge is -2.18. The van der Waals surface area contributed by atoms with Crippen molar-refractivity contribution >= 4 is 20.7 Å². The van der Waals surface area contributed by atoms with Crippen LogP contribution in [0.5, 0.6) is 0 Å². The molecule has 0 saturated carbocycles. The smallest absolute Gasteiger partial charge is 0.289 e. The van der Waals surface area contributed by atoms with Crippen LogP contribution in [0, 0.1) is 20.8 Å². The molecule has 1 rings (SSSR count). The van der Waals surface area contributed by atoms with Gasteiger partial charge in [0.25, 0.3) is 4.82 Å². The highest BCUT2D eigenvalue weighted by Gasteiger charge is 2.09. The fourth-order valence-corrected chi connectivity index (χ4v) is 1.88. The molecule has 0 bridgehead atoms. The van der Waals surface area contributed by atoms with Gasteiger partial charge in [-0.1, -0.05) is 17.7 Å². The summed E-state index contributed by atoms with van der Waals surface area (Å²) in [6.07, 6.45) is 0. The van der Waals surface area contributed by atoms with Crippen molar-refractivity contribution in [2.45, 2.75) is 27.3 Å². The minimum absolute atomic E-state index is 0.0816. The van der Waals surface area contributed by atoms with Crippen molar-refractivity contribution in [1.29, 1.82) is 0 Å². The lowest BCUT2D eigenvalue weighted by Crippen LogP contribution is -2.21. The van der Waals surface area contributed by atoms with E-state index in [2.05, 4.69) is 48.8 Å². The van der Waals surface area contributed by atoms with Crippen molar-refractivity contribution in [1.82, 2.24) is 4.90 Å². The molecule has 1 aromatic rings. The molecule has 0 unspecified atom stereocenters. The summed E-state index contributed by atoms with van der Waals surface area (Å²) in [5, 5.41) is 0. The Bertz CT molecular complexity index is 364. The fourth-order valence-electron chi connectivity index (χ4n) is 1.76. The molecule has 0 spiro atoms. The zero-order valence-corrected chi connectivity index (χ0v) is 11.2. The van der Waals surface area contributed by atoms with Gasteiger partial charge in [0.1, 0.15) is 0 Å². The van der Waals surface area contributed by atoms with Crippen LogP contribution in [0.4, 0.5) is 4.79 Å². The van der Waals surface area contributed by atoms with Gasteiger partial charge in [-0.05, 0) is 37.5 Å². The number of halogens is 1. The SMILES string of the molecule is Cc1cc(C)c(CN(C)C(=O)Br)c(C)c1. The van der Waals surface area contributed by atoms with Crippen molar-refractivity contribution in [2.24, 2.45) is 0 Å². The molecule has 1 aromatic carbocycles. The largest absolute Gasteiger partial charge is 0.332 e. The first-order valence-electron chi connectivity index (χ1n) is 4.89. The molecule has 2 nitrogen and oxygen atoms in total. The number of carbonyl (C=O) groups excluding carboxylic acids is 1. The number of amides is 1. The van der Waals surface area contributed by atoms with Crippen LogP contribution in [-0.2, 0) is 6.54 Å². The highest BCUT2D eigenvalue weighted by molar-refractivity contribution is 9.18. The number of hydrogen-bond donors (Lipinski definition) is 0. The van der Waals surface area contributed by atoms with Gasteiger partial charge in [0, 0.05) is 29.5 Å². The Kier molecular flexibility index (Phi) is 3.91. The Morgan fingerprint density at radius 1 is 1.27 bits per heavy atom. The fraction of sp³-hybridized carbons (Fsp3) is 0.417. The van der Waals surface area contributed by atoms with Crippen LogP contribution in [0.1, 0.15) is 22.3 Å². The Morgan fingerprint density at radius 2 is 1.73 bits per heavy atom. The van der Waals surface area contributed by atoms with Gasteiger partial charge in [-0.2, -0.15) is 0 Å². The van der Waals surface area contributed by atoms with Crippen molar-refractivity contribution in [2.75, 3.05) is 7.05 Å². The molecule has 0 saturated heterocycles. The third kappa shape index (κ3) is 3.06. The van der Waals surface area contributed by atoms with Crippen LogP contribution in [-0.4, -0.2) is 16.8 Å². The second-order valence-electron chi connectivity index (χ2n) is 3.99. The van der Waals surface area contributed by atoms with Gasteiger partial charge in [0.05, 0.1) is 0 Å². The van der Waals surface area contributed by atoms with E-state index in [0.29, 0.717) is 6.54 Å². The molecule has 0 aliphatic carbocycles. The van der Waals surface area contributed by atoms with Gasteiger partial charge >= 0.3 is 0 Å². The number of rotatable bonds is 2. The molecule has 0 aliphatic heterocycles. The Morgan fingerprint density at radius 3 is 2.13 bits per heavy atom. The maximum absolute atomic E-state index is 11.1. The van der Waals surface area contributed by atoms with E-state index >= 15 is 0 Å². The van der Waals surface area contributed by atoms with Gasteiger partial charge in [0.15, 0.2) is 0 Å². The number of benzene rings is 1. The van der Waals surface area contributed by atoms with Crippen molar-refractivity contribution < 1.29 is 4.79 Å². The molecule has 0 radical (unpaired) electrons. The predicted octanol–water partition coefficient (Wildman–Crippen LogP) is 3.56. The standard InChI is InChI=1S/C12H16BrNO/c1-8-5-9(2)11(10(3)6-8)7-14(4)12(13)15/h5-6H,7H2,1-4H3. The molecule has 0 fully saturated rings. The normalized spacial score (nSPS) is 10.2. The molecular weight excluding hydrogens is 254 g/mol. The van der Waals surface area contributed by atoms with E-state index in [9.17, 15) is 4.79 Å². The first kappa shape index (κ1) is 12.2. The number of nitrogens with zero attached hydrogens (tertiary/aromatic N) is 1. The topological polar surface area (TPSA) is 20.3 Å². The van der Waals surface area contributed by atoms with Crippen LogP contribution in [0.2, 0.25) is 0 Å². The lowest BCUT2D eigenvalue weighted by atomic mass is 10.00. The first-order valence-corrected chi connectivity index (χ1v) is 5.68. The maximum Gasteiger partial charge on any atom is 0.289 e. The van der Waals surface area contributed by atoms with E-state index in [1.165, 1.54) is 22.3 Å². The minimum Gasteiger partial charge on any atom is -0.332 e. The quantitative estimate of drug-likeness (QED) is 0.594. The van der Waals surface area contributed by atoms with E-state index in [4.69, 9.17) is 0 Å². The summed E-state index contributed by atoms with van der Waals surface area (Å²) in [7, 11) is 1.79. The van der Waals surface area contributed by atoms with Crippen molar-refractivity contribution in [3.63, 3.8) is 0 Å². The molecule has 15 heavy (non-hydrogen) atoms. The van der Waals surface area contributed by atoms with Gasteiger partial charge in [-0.25, -0.2) is 0 Å². The van der Waals surface area contributed by atoms with Crippen molar-refractivity contribution in [3.8, 4) is 0 Å². The molecular formula is C12H16BrNO. The zero-order chi connectivity index (χ0) is 11.6. The van der Waals surface area contributed by atoms with Crippen LogP contribution in [0.25, 0.3) is 0 Å². The summed E-state index contributed by atoms with van der Waals surface area (Å²) in [5.74, 6) is 0. The number of hydrogen-bond acceptors (Lipinski definition) is 1. The summed E-state index contributed by atoms with van der Waals surface area (Å²) in [6.45, 7) is 6.91. The second-order valence-corrected chi connectivity index (χ2v) is 4.66. The Hall–Kier alpha value is -0.830. The van der Waals surface area contributed by atoms with E-state index in [1.807, 2.05) is 0 Å². The average Bonchev–Trinajstić information content (AvgIpc) is 2.10. The van der Waals surface area contributed by atoms with Gasteiger partial charge in [0.2, 0.25) is 0 Å². The summed E-state index contributed by atoms with van der Waals surface area (Å²) in [4.78, 5) is 12.7. The molecule has 3 heteroatoms. The molecule has 0 atom stereocenters. The van der Waals surface area contributed by atoms with Crippen LogP contribution in [0.15, 0.2) is 12.1 Å². The number of carbonyl (C=O) groups is 1. The second kappa shape index (κ2) is 4.79. The predicted molar refractivity (Wildman–Crippen MR) is 66.4 cm³/mol. The molecule has 0 heterocycles. The first-order chi connectivity index (χ1) is 6.91. The monoisotopic (exact) mass is 269 g/mol. The Balaban J connectivity index is 3.00. The molecule has 0 N–H and O–H groups in total. The van der Waals surface area contributed by atoms with E-state index in [-0.39, 0.29) is 4.82 Å². The molecule has 0 aliphatic rings. The summed E-state index contributed by atoms with van der Waals surface area (Å²) < 4.78 is 0. The average molecular weight is 270 g/mol. The summed E-state index contributed by atoms with van der Waals surface area (Å²) >= 11 is 2.95. The van der Waals surface area contributed by atoms with Gasteiger partial charge in [-0.3, -0.25) is 4.79 Å². The van der Waals surface area contributed by atoms with Gasteiger partial charge < -0.3 is 4.90 Å². The molecule has 82 valence electrons. The maximum atomic E-state index is 11.1. The highest BCUT2D eigenvalue weighted by Crippen LogP contribution is 2.18. The van der Waals surface area contributed by atoms with E-state index in [1.54, 1.807) is 11.9 Å². The van der Waals surface area contributed by atoms with Crippen LogP contribution < -0.4 is 0 Å². The third-order valence-corrected chi connectivity index (χ3v) is 3.14. The van der Waals surface area contributed by atoms with E-state index < -0.39 is 0 Å². The number of aryl methyl sites for hydroxylation is 3. The van der Waals surface area contributed by atoms with Crippen molar-refractivity contribution in [3.05, 3.63) is 34.4 Å². The highest BCUT2D eigenvalue weighted by atomic mass is 79.9. The summed E-state index contributed by atoms with van der Waals surface area (Å²) in [6, 6.07) is 4.30. The Labute approximate surface area is 99.4 Å². The van der Waals surface area contributed by atoms with Gasteiger partial charge in [-0.15, -0.1) is 0 Å². The van der Waals surface area contributed by atoms with Crippen LogP contribution >= 0.6 is 15.9 Å². The van der Waals surface area contributed by atoms with Crippen LogP contribution in [0.3, 0.4) is 0 Å². The third-order valence-electron chi connectivity index (χ3n) is 2.54.